The molecule has 0 aliphatic carbocycles. The van der Waals surface area contributed by atoms with Crippen molar-refractivity contribution in [1.29, 1.82) is 0 Å². The van der Waals surface area contributed by atoms with Crippen molar-refractivity contribution in [3.63, 3.8) is 0 Å². The molecule has 0 amide bonds. The number of hydrogen-bond donors (Lipinski definition) is 0. The molecule has 0 saturated heterocycles. The van der Waals surface area contributed by atoms with Gasteiger partial charge in [0.1, 0.15) is 0 Å². The Morgan fingerprint density at radius 2 is 2.00 bits per heavy atom. The van der Waals surface area contributed by atoms with Gasteiger partial charge in [-0.2, -0.15) is 0 Å². The average molecular weight is 176 g/mol. The molecule has 1 atom stereocenters. The number of rotatable bonds is 1. The summed E-state index contributed by atoms with van der Waals surface area (Å²) in [6.45, 7) is 1.06. The van der Waals surface area contributed by atoms with Gasteiger partial charge in [-0.3, -0.25) is 0 Å². The van der Waals surface area contributed by atoms with Gasteiger partial charge in [0, 0.05) is 5.92 Å². The highest BCUT2D eigenvalue weighted by Gasteiger charge is 2.09. The summed E-state index contributed by atoms with van der Waals surface area (Å²) >= 11 is 0. The van der Waals surface area contributed by atoms with Gasteiger partial charge in [0.25, 0.3) is 0 Å². The molecule has 68 valence electrons. The van der Waals surface area contributed by atoms with E-state index in [1.165, 1.54) is 5.56 Å². The normalized spacial score (nSPS) is 22.0. The Kier molecular flexibility index (Phi) is 2.62. The molecule has 0 fully saturated rings. The molecule has 2 heteroatoms. The Morgan fingerprint density at radius 1 is 1.15 bits per heavy atom. The van der Waals surface area contributed by atoms with E-state index in [2.05, 4.69) is 12.1 Å². The molecular weight excluding hydrogens is 164 g/mol. The number of benzene rings is 1. The van der Waals surface area contributed by atoms with E-state index in [1.807, 2.05) is 24.3 Å². The first-order valence-corrected chi connectivity index (χ1v) is 4.38. The highest BCUT2D eigenvalue weighted by Crippen LogP contribution is 2.18. The van der Waals surface area contributed by atoms with Gasteiger partial charge in [-0.15, -0.1) is 0 Å². The maximum atomic E-state index is 5.28. The summed E-state index contributed by atoms with van der Waals surface area (Å²) in [5, 5.41) is 0. The fraction of sp³-hybridized carbons (Fsp3) is 0.273. The van der Waals surface area contributed by atoms with E-state index >= 15 is 0 Å². The van der Waals surface area contributed by atoms with Crippen molar-refractivity contribution < 1.29 is 9.47 Å². The molecule has 13 heavy (non-hydrogen) atoms. The standard InChI is InChI=1S/C11H12O2/c1-2-4-10(5-3-1)11-6-7-12-9-13-8-11/h1-7,11H,8-9H2/t11-/m1/s1. The van der Waals surface area contributed by atoms with Gasteiger partial charge in [0.15, 0.2) is 6.79 Å². The number of ether oxygens (including phenoxy) is 2. The zero-order chi connectivity index (χ0) is 8.93. The zero-order valence-corrected chi connectivity index (χ0v) is 7.35. The van der Waals surface area contributed by atoms with E-state index in [-0.39, 0.29) is 0 Å². The molecule has 1 aromatic rings. The van der Waals surface area contributed by atoms with Crippen molar-refractivity contribution >= 4 is 0 Å². The second-order valence-corrected chi connectivity index (χ2v) is 3.00. The summed E-state index contributed by atoms with van der Waals surface area (Å²) in [6.07, 6.45) is 3.74. The van der Waals surface area contributed by atoms with Gasteiger partial charge in [0.05, 0.1) is 12.9 Å². The first-order chi connectivity index (χ1) is 6.47. The SMILES string of the molecule is C1=C[C@@H](c2ccccc2)COCO1. The highest BCUT2D eigenvalue weighted by atomic mass is 16.7. The van der Waals surface area contributed by atoms with Crippen molar-refractivity contribution in [2.45, 2.75) is 5.92 Å². The lowest BCUT2D eigenvalue weighted by Gasteiger charge is -2.09. The molecule has 0 unspecified atom stereocenters. The van der Waals surface area contributed by atoms with Crippen LogP contribution in [0.4, 0.5) is 0 Å². The lowest BCUT2D eigenvalue weighted by Crippen LogP contribution is -2.03. The van der Waals surface area contributed by atoms with Crippen LogP contribution in [0.5, 0.6) is 0 Å². The Morgan fingerprint density at radius 3 is 2.85 bits per heavy atom. The molecule has 2 nitrogen and oxygen atoms in total. The van der Waals surface area contributed by atoms with Crippen LogP contribution in [0.2, 0.25) is 0 Å². The highest BCUT2D eigenvalue weighted by molar-refractivity contribution is 5.23. The van der Waals surface area contributed by atoms with Crippen LogP contribution < -0.4 is 0 Å². The van der Waals surface area contributed by atoms with Crippen molar-refractivity contribution in [1.82, 2.24) is 0 Å². The van der Waals surface area contributed by atoms with Gasteiger partial charge in [-0.1, -0.05) is 30.3 Å². The fourth-order valence-electron chi connectivity index (χ4n) is 1.38. The molecule has 1 heterocycles. The smallest absolute Gasteiger partial charge is 0.188 e. The van der Waals surface area contributed by atoms with E-state index in [0.29, 0.717) is 19.3 Å². The molecule has 1 aromatic carbocycles. The van der Waals surface area contributed by atoms with E-state index in [1.54, 1.807) is 6.26 Å². The summed E-state index contributed by atoms with van der Waals surface area (Å²) in [5.74, 6) is 0.323. The van der Waals surface area contributed by atoms with Gasteiger partial charge < -0.3 is 9.47 Å². The summed E-state index contributed by atoms with van der Waals surface area (Å²) in [4.78, 5) is 0. The van der Waals surface area contributed by atoms with Crippen LogP contribution in [-0.4, -0.2) is 13.4 Å². The Hall–Kier alpha value is -1.28. The maximum absolute atomic E-state index is 5.28. The van der Waals surface area contributed by atoms with Crippen LogP contribution in [0.3, 0.4) is 0 Å². The third-order valence-corrected chi connectivity index (χ3v) is 2.08. The van der Waals surface area contributed by atoms with Crippen LogP contribution in [0.25, 0.3) is 0 Å². The predicted molar refractivity (Wildman–Crippen MR) is 50.2 cm³/mol. The monoisotopic (exact) mass is 176 g/mol. The van der Waals surface area contributed by atoms with Crippen LogP contribution in [-0.2, 0) is 9.47 Å². The average Bonchev–Trinajstić information content (AvgIpc) is 2.47. The first-order valence-electron chi connectivity index (χ1n) is 4.38. The van der Waals surface area contributed by atoms with Gasteiger partial charge in [-0.25, -0.2) is 0 Å². The third kappa shape index (κ3) is 2.10. The Labute approximate surface area is 77.8 Å². The topological polar surface area (TPSA) is 18.5 Å². The minimum absolute atomic E-state index is 0.323. The second-order valence-electron chi connectivity index (χ2n) is 3.00. The van der Waals surface area contributed by atoms with Crippen LogP contribution in [0, 0.1) is 0 Å². The predicted octanol–water partition coefficient (Wildman–Crippen LogP) is 2.29. The van der Waals surface area contributed by atoms with Crippen molar-refractivity contribution in [3.05, 3.63) is 48.2 Å². The van der Waals surface area contributed by atoms with Gasteiger partial charge in [-0.05, 0) is 11.6 Å². The molecule has 1 aliphatic heterocycles. The molecular formula is C11H12O2. The molecule has 0 saturated carbocycles. The fourth-order valence-corrected chi connectivity index (χ4v) is 1.38. The first kappa shape index (κ1) is 8.32. The summed E-state index contributed by atoms with van der Waals surface area (Å²) in [5.41, 5.74) is 1.27. The van der Waals surface area contributed by atoms with Crippen molar-refractivity contribution in [2.75, 3.05) is 13.4 Å². The molecule has 0 radical (unpaired) electrons. The second kappa shape index (κ2) is 4.10. The molecule has 0 spiro atoms. The van der Waals surface area contributed by atoms with Gasteiger partial charge in [0.2, 0.25) is 0 Å². The molecule has 0 bridgehead atoms. The van der Waals surface area contributed by atoms with Crippen LogP contribution >= 0.6 is 0 Å². The Bertz CT molecular complexity index is 279. The maximum Gasteiger partial charge on any atom is 0.188 e. The molecule has 1 aliphatic rings. The largest absolute Gasteiger partial charge is 0.475 e. The number of hydrogen-bond acceptors (Lipinski definition) is 2. The lowest BCUT2D eigenvalue weighted by molar-refractivity contribution is -0.00474. The van der Waals surface area contributed by atoms with E-state index in [9.17, 15) is 0 Å². The summed E-state index contributed by atoms with van der Waals surface area (Å²) in [7, 11) is 0. The molecule has 0 aromatic heterocycles. The third-order valence-electron chi connectivity index (χ3n) is 2.08. The van der Waals surface area contributed by atoms with E-state index < -0.39 is 0 Å². The van der Waals surface area contributed by atoms with Crippen molar-refractivity contribution in [2.24, 2.45) is 0 Å². The quantitative estimate of drug-likeness (QED) is 0.653. The van der Waals surface area contributed by atoms with Crippen LogP contribution in [0.15, 0.2) is 42.7 Å². The van der Waals surface area contributed by atoms with E-state index in [4.69, 9.17) is 9.47 Å². The molecule has 0 N–H and O–H groups in total. The summed E-state index contributed by atoms with van der Waals surface area (Å²) < 4.78 is 10.3. The summed E-state index contributed by atoms with van der Waals surface area (Å²) in [6, 6.07) is 10.3. The lowest BCUT2D eigenvalue weighted by atomic mass is 10.0. The minimum Gasteiger partial charge on any atom is -0.475 e. The van der Waals surface area contributed by atoms with E-state index in [0.717, 1.165) is 0 Å². The molecule has 2 rings (SSSR count). The Balaban J connectivity index is 2.15. The van der Waals surface area contributed by atoms with Crippen molar-refractivity contribution in [3.8, 4) is 0 Å². The van der Waals surface area contributed by atoms with Crippen LogP contribution in [0.1, 0.15) is 11.5 Å². The minimum atomic E-state index is 0.323. The zero-order valence-electron chi connectivity index (χ0n) is 7.35. The van der Waals surface area contributed by atoms with Gasteiger partial charge >= 0.3 is 0 Å².